The van der Waals surface area contributed by atoms with Crippen molar-refractivity contribution in [3.63, 3.8) is 0 Å². The molecule has 64 valence electrons. The van der Waals surface area contributed by atoms with Gasteiger partial charge in [-0.3, -0.25) is 0 Å². The quantitative estimate of drug-likeness (QED) is 0.582. The predicted octanol–water partition coefficient (Wildman–Crippen LogP) is 3.26. The second-order valence-corrected chi connectivity index (χ2v) is 7.63. The van der Waals surface area contributed by atoms with Crippen LogP contribution in [0.5, 0.6) is 0 Å². The summed E-state index contributed by atoms with van der Waals surface area (Å²) in [5.41, 5.74) is 0. The zero-order valence-corrected chi connectivity index (χ0v) is 8.76. The van der Waals surface area contributed by atoms with E-state index in [9.17, 15) is 0 Å². The molecule has 0 unspecified atom stereocenters. The summed E-state index contributed by atoms with van der Waals surface area (Å²) in [5, 5.41) is 0. The fraction of sp³-hybridized carbons (Fsp3) is 1.00. The van der Waals surface area contributed by atoms with Crippen LogP contribution in [0.1, 0.15) is 33.6 Å². The van der Waals surface area contributed by atoms with Crippen molar-refractivity contribution < 1.29 is 0 Å². The molecule has 1 heteroatoms. The summed E-state index contributed by atoms with van der Waals surface area (Å²) in [6.45, 7) is 6.97. The van der Waals surface area contributed by atoms with E-state index >= 15 is 0 Å². The Morgan fingerprint density at radius 3 is 1.80 bits per heavy atom. The molecule has 0 aliphatic heterocycles. The van der Waals surface area contributed by atoms with Crippen molar-refractivity contribution >= 4 is 10.0 Å². The Bertz CT molecular complexity index is 74.8. The third-order valence-corrected chi connectivity index (χ3v) is 6.45. The molecule has 10 heavy (non-hydrogen) atoms. The SMILES string of the molecule is CCCCS(C)(CC)CC. The van der Waals surface area contributed by atoms with Gasteiger partial charge in [0.1, 0.15) is 0 Å². The van der Waals surface area contributed by atoms with E-state index in [2.05, 4.69) is 27.0 Å². The van der Waals surface area contributed by atoms with Crippen LogP contribution in [-0.4, -0.2) is 23.5 Å². The Balaban J connectivity index is 3.58. The first-order chi connectivity index (χ1) is 4.68. The van der Waals surface area contributed by atoms with E-state index in [-0.39, 0.29) is 10.0 Å². The highest BCUT2D eigenvalue weighted by Crippen LogP contribution is 2.43. The van der Waals surface area contributed by atoms with Crippen LogP contribution in [0.4, 0.5) is 0 Å². The first-order valence-corrected chi connectivity index (χ1v) is 6.94. The minimum absolute atomic E-state index is 0.177. The lowest BCUT2D eigenvalue weighted by Crippen LogP contribution is -2.08. The van der Waals surface area contributed by atoms with Crippen LogP contribution in [0, 0.1) is 0 Å². The Morgan fingerprint density at radius 1 is 1.00 bits per heavy atom. The van der Waals surface area contributed by atoms with Gasteiger partial charge in [0.05, 0.1) is 0 Å². The van der Waals surface area contributed by atoms with Crippen molar-refractivity contribution in [1.29, 1.82) is 0 Å². The van der Waals surface area contributed by atoms with Crippen molar-refractivity contribution in [1.82, 2.24) is 0 Å². The maximum Gasteiger partial charge on any atom is -0.0230 e. The zero-order valence-electron chi connectivity index (χ0n) is 7.94. The molecule has 0 aromatic rings. The van der Waals surface area contributed by atoms with Gasteiger partial charge in [-0.25, -0.2) is 10.0 Å². The first-order valence-electron chi connectivity index (χ1n) is 4.40. The van der Waals surface area contributed by atoms with E-state index in [1.165, 1.54) is 30.1 Å². The van der Waals surface area contributed by atoms with E-state index in [1.54, 1.807) is 0 Å². The molecule has 0 heterocycles. The van der Waals surface area contributed by atoms with Gasteiger partial charge in [0.15, 0.2) is 0 Å². The molecule has 0 amide bonds. The molecular formula is C9H22S. The Kier molecular flexibility index (Phi) is 5.24. The zero-order chi connectivity index (χ0) is 8.04. The minimum atomic E-state index is -0.177. The largest absolute Gasteiger partial charge is 0.244 e. The fourth-order valence-corrected chi connectivity index (χ4v) is 2.96. The lowest BCUT2D eigenvalue weighted by Gasteiger charge is -2.33. The van der Waals surface area contributed by atoms with Gasteiger partial charge in [-0.15, -0.1) is 0 Å². The molecule has 0 rings (SSSR count). The molecular weight excluding hydrogens is 140 g/mol. The third-order valence-electron chi connectivity index (χ3n) is 2.38. The summed E-state index contributed by atoms with van der Waals surface area (Å²) >= 11 is 0. The molecule has 0 saturated heterocycles. The molecule has 0 bridgehead atoms. The second kappa shape index (κ2) is 5.06. The average Bonchev–Trinajstić information content (AvgIpc) is 2.00. The Labute approximate surface area is 67.7 Å². The Morgan fingerprint density at radius 2 is 1.50 bits per heavy atom. The van der Waals surface area contributed by atoms with E-state index in [1.807, 2.05) is 0 Å². The van der Waals surface area contributed by atoms with Crippen LogP contribution in [0.2, 0.25) is 0 Å². The van der Waals surface area contributed by atoms with Gasteiger partial charge in [0.25, 0.3) is 0 Å². The number of hydrogen-bond acceptors (Lipinski definition) is 0. The number of hydrogen-bond donors (Lipinski definition) is 0. The summed E-state index contributed by atoms with van der Waals surface area (Å²) in [6, 6.07) is 0. The standard InChI is InChI=1S/C9H22S/c1-5-8-9-10(4,6-2)7-3/h5-9H2,1-4H3. The Hall–Kier alpha value is 0.350. The van der Waals surface area contributed by atoms with Gasteiger partial charge < -0.3 is 0 Å². The van der Waals surface area contributed by atoms with Gasteiger partial charge in [0.2, 0.25) is 0 Å². The summed E-state index contributed by atoms with van der Waals surface area (Å²) in [6.07, 6.45) is 5.29. The average molecular weight is 162 g/mol. The lowest BCUT2D eigenvalue weighted by atomic mass is 10.4. The van der Waals surface area contributed by atoms with Crippen LogP contribution in [0.25, 0.3) is 0 Å². The van der Waals surface area contributed by atoms with Crippen molar-refractivity contribution in [2.75, 3.05) is 23.5 Å². The highest BCUT2D eigenvalue weighted by Gasteiger charge is 2.11. The monoisotopic (exact) mass is 162 g/mol. The van der Waals surface area contributed by atoms with Crippen LogP contribution < -0.4 is 0 Å². The lowest BCUT2D eigenvalue weighted by molar-refractivity contribution is 0.890. The molecule has 0 radical (unpaired) electrons. The second-order valence-electron chi connectivity index (χ2n) is 3.11. The fourth-order valence-electron chi connectivity index (χ4n) is 0.986. The predicted molar refractivity (Wildman–Crippen MR) is 54.4 cm³/mol. The van der Waals surface area contributed by atoms with Crippen LogP contribution in [0.15, 0.2) is 0 Å². The van der Waals surface area contributed by atoms with E-state index in [4.69, 9.17) is 0 Å². The van der Waals surface area contributed by atoms with E-state index < -0.39 is 0 Å². The number of unbranched alkanes of at least 4 members (excludes halogenated alkanes) is 1. The summed E-state index contributed by atoms with van der Waals surface area (Å²) < 4.78 is 0. The molecule has 0 aromatic carbocycles. The minimum Gasteiger partial charge on any atom is -0.244 e. The molecule has 0 aliphatic carbocycles. The molecule has 0 atom stereocenters. The highest BCUT2D eigenvalue weighted by molar-refractivity contribution is 8.33. The maximum atomic E-state index is 2.49. The van der Waals surface area contributed by atoms with Gasteiger partial charge >= 0.3 is 0 Å². The summed E-state index contributed by atoms with van der Waals surface area (Å²) in [5.74, 6) is 4.34. The molecule has 0 nitrogen and oxygen atoms in total. The first kappa shape index (κ1) is 10.3. The molecule has 0 fully saturated rings. The van der Waals surface area contributed by atoms with E-state index in [0.717, 1.165) is 0 Å². The maximum absolute atomic E-state index is 2.49. The third kappa shape index (κ3) is 3.50. The van der Waals surface area contributed by atoms with Crippen molar-refractivity contribution in [3.05, 3.63) is 0 Å². The molecule has 0 saturated carbocycles. The normalized spacial score (nSPS) is 13.6. The van der Waals surface area contributed by atoms with Crippen molar-refractivity contribution in [3.8, 4) is 0 Å². The van der Waals surface area contributed by atoms with Crippen molar-refractivity contribution in [2.45, 2.75) is 33.6 Å². The van der Waals surface area contributed by atoms with E-state index in [0.29, 0.717) is 0 Å². The molecule has 0 aliphatic rings. The number of rotatable bonds is 5. The topological polar surface area (TPSA) is 0 Å². The van der Waals surface area contributed by atoms with Crippen LogP contribution in [0.3, 0.4) is 0 Å². The summed E-state index contributed by atoms with van der Waals surface area (Å²) in [4.78, 5) is 0. The molecule has 0 N–H and O–H groups in total. The molecule has 0 aromatic heterocycles. The molecule has 0 spiro atoms. The highest BCUT2D eigenvalue weighted by atomic mass is 32.3. The van der Waals surface area contributed by atoms with Crippen LogP contribution >= 0.6 is 10.0 Å². The smallest absolute Gasteiger partial charge is 0.0230 e. The van der Waals surface area contributed by atoms with Gasteiger partial charge in [-0.1, -0.05) is 27.2 Å². The van der Waals surface area contributed by atoms with Gasteiger partial charge in [-0.05, 0) is 29.9 Å². The van der Waals surface area contributed by atoms with Crippen molar-refractivity contribution in [2.24, 2.45) is 0 Å². The van der Waals surface area contributed by atoms with Gasteiger partial charge in [-0.2, -0.15) is 0 Å². The summed E-state index contributed by atoms with van der Waals surface area (Å²) in [7, 11) is -0.177. The van der Waals surface area contributed by atoms with Gasteiger partial charge in [0, 0.05) is 0 Å². The van der Waals surface area contributed by atoms with Crippen LogP contribution in [-0.2, 0) is 0 Å².